The van der Waals surface area contributed by atoms with Gasteiger partial charge in [-0.2, -0.15) is 0 Å². The number of allylic oxidation sites excluding steroid dienone is 4. The molecule has 1 amide bonds. The molecule has 2 aliphatic carbocycles. The molecule has 2 saturated carbocycles. The predicted molar refractivity (Wildman–Crippen MR) is 289 cm³/mol. The van der Waals surface area contributed by atoms with Crippen LogP contribution in [0.4, 0.5) is 0 Å². The molecule has 8 rings (SSSR count). The number of amides is 1. The maximum Gasteiger partial charge on any atom is 0.348 e. The van der Waals surface area contributed by atoms with Crippen LogP contribution >= 0.6 is 0 Å². The Morgan fingerprint density at radius 1 is 0.756 bits per heavy atom. The van der Waals surface area contributed by atoms with Crippen molar-refractivity contribution in [3.05, 3.63) is 56.4 Å². The van der Waals surface area contributed by atoms with Gasteiger partial charge in [0.25, 0.3) is 11.7 Å². The number of hydrogen-bond acceptors (Lipinski definition) is 15. The highest BCUT2D eigenvalue weighted by atomic mass is 16.6. The van der Waals surface area contributed by atoms with E-state index in [1.165, 1.54) is 33.1 Å². The van der Waals surface area contributed by atoms with Crippen molar-refractivity contribution in [2.24, 2.45) is 35.5 Å². The van der Waals surface area contributed by atoms with E-state index in [1.54, 1.807) is 40.9 Å². The zero-order chi connectivity index (χ0) is 56.9. The number of aliphatic hydroxyl groups is 3. The summed E-state index contributed by atoms with van der Waals surface area (Å²) >= 11 is 0. The molecule has 2 saturated heterocycles. The van der Waals surface area contributed by atoms with Crippen LogP contribution in [0.2, 0.25) is 0 Å². The first-order chi connectivity index (χ1) is 37.0. The fraction of sp³-hybridized carbons (Fsp3) is 0.780. The molecule has 0 radical (unpaired) electrons. The lowest BCUT2D eigenvalue weighted by Crippen LogP contribution is -2.61. The molecule has 1 aromatic rings. The third-order valence-corrected chi connectivity index (χ3v) is 18.5. The minimum Gasteiger partial charge on any atom is -0.460 e. The van der Waals surface area contributed by atoms with E-state index in [9.17, 15) is 48.9 Å². The summed E-state index contributed by atoms with van der Waals surface area (Å²) < 4.78 is 34.3. The molecule has 3 N–H and O–H groups in total. The van der Waals surface area contributed by atoms with Crippen molar-refractivity contribution in [1.82, 2.24) is 18.8 Å². The number of ether oxygens (including phenoxy) is 5. The average Bonchev–Trinajstić information content (AvgIpc) is 3.85. The number of Topliss-reactive ketones (excluding diaryl/α,β-unsaturated/α-hetero) is 3. The lowest BCUT2D eigenvalue weighted by atomic mass is 9.78. The van der Waals surface area contributed by atoms with Gasteiger partial charge in [0.15, 0.2) is 5.78 Å². The highest BCUT2D eigenvalue weighted by Crippen LogP contribution is 2.39. The van der Waals surface area contributed by atoms with Crippen molar-refractivity contribution >= 4 is 29.2 Å². The van der Waals surface area contributed by atoms with Gasteiger partial charge in [-0.25, -0.2) is 28.3 Å². The Hall–Kier alpha value is -4.37. The summed E-state index contributed by atoms with van der Waals surface area (Å²) in [5.41, 5.74) is 0.132. The molecule has 19 heteroatoms. The van der Waals surface area contributed by atoms with Crippen LogP contribution in [0.15, 0.2) is 45.0 Å². The molecule has 2 unspecified atom stereocenters. The van der Waals surface area contributed by atoms with Gasteiger partial charge in [0, 0.05) is 64.5 Å². The summed E-state index contributed by atoms with van der Waals surface area (Å²) in [5.74, 6) is -9.23. The Labute approximate surface area is 459 Å². The predicted octanol–water partition coefficient (Wildman–Crippen LogP) is 6.05. The maximum absolute atomic E-state index is 14.7. The Bertz CT molecular complexity index is 2520. The van der Waals surface area contributed by atoms with Crippen molar-refractivity contribution < 1.29 is 63.0 Å². The molecule has 7 aliphatic rings. The van der Waals surface area contributed by atoms with Crippen LogP contribution in [-0.2, 0) is 47.7 Å². The second-order valence-corrected chi connectivity index (χ2v) is 24.1. The number of esters is 1. The van der Waals surface area contributed by atoms with Crippen LogP contribution in [0, 0.1) is 35.5 Å². The topological polar surface area (TPSA) is 244 Å². The molecule has 0 aromatic carbocycles. The zero-order valence-corrected chi connectivity index (χ0v) is 47.9. The lowest BCUT2D eigenvalue weighted by Gasteiger charge is -2.42. The number of fused-ring (bicyclic) bond motifs is 15. The van der Waals surface area contributed by atoms with Crippen LogP contribution in [0.25, 0.3) is 0 Å². The number of carbonyl (C=O) groups is 5. The van der Waals surface area contributed by atoms with Crippen LogP contribution in [0.1, 0.15) is 176 Å². The molecule has 6 heterocycles. The number of nitrogens with zero attached hydrogens (tertiary/aromatic N) is 4. The number of piperidine rings is 1. The van der Waals surface area contributed by atoms with E-state index in [-0.39, 0.29) is 73.7 Å². The minimum absolute atomic E-state index is 0.0410. The van der Waals surface area contributed by atoms with Gasteiger partial charge in [-0.3, -0.25) is 19.2 Å². The van der Waals surface area contributed by atoms with Crippen LogP contribution in [0.5, 0.6) is 0 Å². The van der Waals surface area contributed by atoms with Gasteiger partial charge in [0.1, 0.15) is 30.1 Å². The van der Waals surface area contributed by atoms with Crippen molar-refractivity contribution in [1.29, 1.82) is 0 Å². The van der Waals surface area contributed by atoms with E-state index in [4.69, 9.17) is 23.7 Å². The Kier molecular flexibility index (Phi) is 20.8. The molecule has 4 fully saturated rings. The lowest BCUT2D eigenvalue weighted by molar-refractivity contribution is -0.265. The largest absolute Gasteiger partial charge is 0.460 e. The van der Waals surface area contributed by atoms with Crippen LogP contribution in [-0.4, -0.2) is 146 Å². The van der Waals surface area contributed by atoms with Gasteiger partial charge < -0.3 is 43.9 Å². The molecule has 5 aliphatic heterocycles. The smallest absolute Gasteiger partial charge is 0.348 e. The first kappa shape index (κ1) is 61.3. The second-order valence-electron chi connectivity index (χ2n) is 24.1. The Balaban J connectivity index is 1.26. The quantitative estimate of drug-likeness (QED) is 0.160. The molecule has 19 nitrogen and oxygen atoms in total. The molecule has 17 atom stereocenters. The SMILES string of the molecule is CO[C@H]1C[C@@H]2CC[C@@H](C)[C@@](O)(O2)C(=O)C(=O)N2CCCC[C@H]2C(=O)O[C@H]([C@H](C)C[C@@H]2CC[C@@H](O)[C@H](OC)C2)CC(=O)[C@H](C)/C=C(\C)[C@@H](O)[C@@H](OC)C(=O)[C@H](C)C[C@H](C)C2C=CC(/C=C/1C)n1c(=O)n(C3CCCCC3)c(=O)n12. The fourth-order valence-corrected chi connectivity index (χ4v) is 13.5. The molecule has 78 heavy (non-hydrogen) atoms. The van der Waals surface area contributed by atoms with E-state index >= 15 is 0 Å². The zero-order valence-electron chi connectivity index (χ0n) is 47.9. The third kappa shape index (κ3) is 13.2. The number of rotatable bonds is 7. The van der Waals surface area contributed by atoms with E-state index in [1.807, 2.05) is 39.0 Å². The van der Waals surface area contributed by atoms with Gasteiger partial charge in [-0.1, -0.05) is 78.2 Å². The first-order valence-corrected chi connectivity index (χ1v) is 29.0. The standard InChI is InChI=1S/C59H90N4O15/c1-33-26-37(5)51(66)53(76-10)52(67)38(6)27-34(2)47(65)32-49(35(3)28-40-20-24-46(64)50(30-40)75-9)77-56(70)45-18-14-15-25-60(45)55(69)54(68)59(73)39(7)19-22-43(78-59)31-48(74-8)36(4)29-42-21-23-44(33)63-58(72)61(57(71)62(42)63)41-16-12-11-13-17-41/h21,23,27,29,33-35,37,39-46,48-50,52-53,64,67,73H,11-20,22,24-26,28,30-32H2,1-10H3/b36-29+,38-27+/t33-,34+,35+,37+,39+,40-,42?,43-,44?,45-,46+,48-,49-,50+,52+,53-,59+/m0/s1. The monoisotopic (exact) mass is 1090 g/mol. The van der Waals surface area contributed by atoms with Crippen molar-refractivity contribution in [3.63, 3.8) is 0 Å². The number of aromatic nitrogens is 3. The molecule has 4 bridgehead atoms. The summed E-state index contributed by atoms with van der Waals surface area (Å²) in [7, 11) is 4.42. The Morgan fingerprint density at radius 3 is 2.13 bits per heavy atom. The van der Waals surface area contributed by atoms with E-state index in [0.29, 0.717) is 75.4 Å². The summed E-state index contributed by atoms with van der Waals surface area (Å²) in [6.45, 7) is 12.4. The van der Waals surface area contributed by atoms with Gasteiger partial charge in [-0.15, -0.1) is 0 Å². The number of hydrogen-bond donors (Lipinski definition) is 3. The van der Waals surface area contributed by atoms with Crippen LogP contribution < -0.4 is 11.4 Å². The number of aliphatic hydroxyl groups excluding tert-OH is 2. The summed E-state index contributed by atoms with van der Waals surface area (Å²) in [4.78, 5) is 103. The first-order valence-electron chi connectivity index (χ1n) is 29.0. The molecule has 0 spiro atoms. The number of methoxy groups -OCH3 is 3. The van der Waals surface area contributed by atoms with Crippen molar-refractivity contribution in [2.45, 2.75) is 230 Å². The van der Waals surface area contributed by atoms with E-state index in [2.05, 4.69) is 0 Å². The van der Waals surface area contributed by atoms with Crippen LogP contribution in [0.3, 0.4) is 0 Å². The molecule has 436 valence electrons. The third-order valence-electron chi connectivity index (χ3n) is 18.5. The average molecular weight is 1100 g/mol. The Morgan fingerprint density at radius 2 is 1.45 bits per heavy atom. The molecular weight excluding hydrogens is 1000 g/mol. The maximum atomic E-state index is 14.7. The van der Waals surface area contributed by atoms with Crippen molar-refractivity contribution in [2.75, 3.05) is 27.9 Å². The van der Waals surface area contributed by atoms with Gasteiger partial charge >= 0.3 is 17.3 Å². The molecular formula is C59H90N4O15. The van der Waals surface area contributed by atoms with Gasteiger partial charge in [0.2, 0.25) is 5.79 Å². The van der Waals surface area contributed by atoms with E-state index in [0.717, 1.165) is 19.3 Å². The summed E-state index contributed by atoms with van der Waals surface area (Å²) in [5, 5.41) is 34.6. The molecule has 1 aromatic heterocycles. The van der Waals surface area contributed by atoms with E-state index < -0.39 is 107 Å². The number of carbonyl (C=O) groups excluding carboxylic acids is 5. The normalized spacial score (nSPS) is 38.7. The highest BCUT2D eigenvalue weighted by molar-refractivity contribution is 6.39. The summed E-state index contributed by atoms with van der Waals surface area (Å²) in [6.07, 6.45) is 9.80. The summed E-state index contributed by atoms with van der Waals surface area (Å²) in [6, 6.07) is -2.81. The number of ketones is 3. The minimum atomic E-state index is -2.54. The fourth-order valence-electron chi connectivity index (χ4n) is 13.5. The van der Waals surface area contributed by atoms with Gasteiger partial charge in [-0.05, 0) is 120 Å². The van der Waals surface area contributed by atoms with Crippen molar-refractivity contribution in [3.8, 4) is 0 Å². The second kappa shape index (κ2) is 26.5. The van der Waals surface area contributed by atoms with Gasteiger partial charge in [0.05, 0.1) is 36.5 Å². The highest BCUT2D eigenvalue weighted by Gasteiger charge is 2.53.